The third-order valence-electron chi connectivity index (χ3n) is 5.94. The summed E-state index contributed by atoms with van der Waals surface area (Å²) in [6, 6.07) is 9.60. The van der Waals surface area contributed by atoms with Crippen molar-refractivity contribution < 1.29 is 28.6 Å². The first kappa shape index (κ1) is 25.8. The number of fused-ring (bicyclic) bond motifs is 3. The van der Waals surface area contributed by atoms with Crippen LogP contribution in [0.3, 0.4) is 0 Å². The van der Waals surface area contributed by atoms with Crippen LogP contribution in [-0.4, -0.2) is 53.6 Å². The Bertz CT molecular complexity index is 1110. The van der Waals surface area contributed by atoms with Crippen LogP contribution in [0.1, 0.15) is 53.5 Å². The standard InChI is InChI=1S/C25H30N4O6/c1-23(2,3)34-21(31)28-17-11-9-8-10-16(17)25(15(13-26)14-27)12-18(19(30)33-7)29(20(25)28)22(32)35-24(4,5)6/h8-11,15,18,20H,12H2,1-7H3/t18-,20+,25-/m1/s1. The molecule has 3 rings (SSSR count). The van der Waals surface area contributed by atoms with E-state index in [1.54, 1.807) is 65.8 Å². The number of para-hydroxylation sites is 1. The zero-order valence-electron chi connectivity index (χ0n) is 21.0. The fourth-order valence-electron chi connectivity index (χ4n) is 4.82. The van der Waals surface area contributed by atoms with Gasteiger partial charge in [-0.15, -0.1) is 0 Å². The summed E-state index contributed by atoms with van der Waals surface area (Å²) in [5.41, 5.74) is -2.33. The van der Waals surface area contributed by atoms with Crippen LogP contribution in [0.25, 0.3) is 0 Å². The van der Waals surface area contributed by atoms with Gasteiger partial charge < -0.3 is 14.2 Å². The van der Waals surface area contributed by atoms with Gasteiger partial charge in [0.15, 0.2) is 0 Å². The molecule has 1 fully saturated rings. The lowest BCUT2D eigenvalue weighted by Gasteiger charge is -2.38. The summed E-state index contributed by atoms with van der Waals surface area (Å²) in [5, 5.41) is 20.0. The van der Waals surface area contributed by atoms with Crippen LogP contribution in [-0.2, 0) is 24.4 Å². The van der Waals surface area contributed by atoms with Crippen molar-refractivity contribution in [1.29, 1.82) is 10.5 Å². The first-order valence-electron chi connectivity index (χ1n) is 11.2. The molecule has 1 aromatic carbocycles. The maximum absolute atomic E-state index is 13.6. The third-order valence-corrected chi connectivity index (χ3v) is 5.94. The SMILES string of the molecule is COC(=O)[C@H]1C[C@@]2(C(C#N)C#N)c3ccccc3N(C(=O)OC(C)(C)C)[C@H]2N1C(=O)OC(C)(C)C. The molecule has 2 amide bonds. The second-order valence-corrected chi connectivity index (χ2v) is 10.6. The van der Waals surface area contributed by atoms with Crippen LogP contribution in [0.2, 0.25) is 0 Å². The number of amides is 2. The van der Waals surface area contributed by atoms with E-state index < -0.39 is 52.9 Å². The van der Waals surface area contributed by atoms with E-state index in [0.717, 1.165) is 4.90 Å². The highest BCUT2D eigenvalue weighted by Gasteiger charge is 2.69. The van der Waals surface area contributed by atoms with Crippen molar-refractivity contribution in [2.45, 2.75) is 76.8 Å². The first-order valence-corrected chi connectivity index (χ1v) is 11.2. The number of methoxy groups -OCH3 is 1. The van der Waals surface area contributed by atoms with Gasteiger partial charge in [0.05, 0.1) is 30.4 Å². The highest BCUT2D eigenvalue weighted by Crippen LogP contribution is 2.58. The smallest absolute Gasteiger partial charge is 0.416 e. The Balaban J connectivity index is 2.33. The highest BCUT2D eigenvalue weighted by molar-refractivity contribution is 5.96. The van der Waals surface area contributed by atoms with Crippen LogP contribution >= 0.6 is 0 Å². The third kappa shape index (κ3) is 4.37. The average molecular weight is 483 g/mol. The van der Waals surface area contributed by atoms with Crippen molar-refractivity contribution in [3.05, 3.63) is 29.8 Å². The lowest BCUT2D eigenvalue weighted by atomic mass is 9.69. The van der Waals surface area contributed by atoms with Crippen LogP contribution in [0, 0.1) is 28.6 Å². The van der Waals surface area contributed by atoms with Crippen molar-refractivity contribution in [2.24, 2.45) is 5.92 Å². The van der Waals surface area contributed by atoms with Gasteiger partial charge in [-0.1, -0.05) is 18.2 Å². The molecular formula is C25H30N4O6. The molecule has 0 aromatic heterocycles. The molecule has 0 radical (unpaired) electrons. The van der Waals surface area contributed by atoms with Crippen LogP contribution < -0.4 is 4.90 Å². The average Bonchev–Trinajstić information content (AvgIpc) is 3.22. The second-order valence-electron chi connectivity index (χ2n) is 10.6. The molecule has 0 aliphatic carbocycles. The largest absolute Gasteiger partial charge is 0.467 e. The van der Waals surface area contributed by atoms with Gasteiger partial charge in [0.2, 0.25) is 0 Å². The number of nitrogens with zero attached hydrogens (tertiary/aromatic N) is 4. The summed E-state index contributed by atoms with van der Waals surface area (Å²) in [4.78, 5) is 42.4. The van der Waals surface area contributed by atoms with E-state index >= 15 is 0 Å². The number of hydrogen-bond donors (Lipinski definition) is 0. The zero-order valence-corrected chi connectivity index (χ0v) is 21.0. The predicted octanol–water partition coefficient (Wildman–Crippen LogP) is 3.85. The molecule has 35 heavy (non-hydrogen) atoms. The Morgan fingerprint density at radius 1 is 1.00 bits per heavy atom. The molecule has 0 bridgehead atoms. The minimum Gasteiger partial charge on any atom is -0.467 e. The van der Waals surface area contributed by atoms with Crippen molar-refractivity contribution in [3.8, 4) is 12.1 Å². The summed E-state index contributed by atoms with van der Waals surface area (Å²) in [6.45, 7) is 10.1. The normalized spacial score (nSPS) is 23.1. The summed E-state index contributed by atoms with van der Waals surface area (Å²) < 4.78 is 16.2. The summed E-state index contributed by atoms with van der Waals surface area (Å²) in [5.74, 6) is -2.05. The van der Waals surface area contributed by atoms with E-state index in [1.165, 1.54) is 12.0 Å². The molecule has 2 aliphatic heterocycles. The van der Waals surface area contributed by atoms with E-state index in [4.69, 9.17) is 14.2 Å². The van der Waals surface area contributed by atoms with Gasteiger partial charge in [-0.25, -0.2) is 14.4 Å². The Morgan fingerprint density at radius 2 is 1.54 bits per heavy atom. The number of hydrogen-bond acceptors (Lipinski definition) is 8. The van der Waals surface area contributed by atoms with Crippen molar-refractivity contribution in [1.82, 2.24) is 4.90 Å². The number of likely N-dealkylation sites (tertiary alicyclic amines) is 1. The molecule has 3 atom stereocenters. The second kappa shape index (κ2) is 8.77. The first-order chi connectivity index (χ1) is 16.2. The lowest BCUT2D eigenvalue weighted by molar-refractivity contribution is -0.146. The Hall–Kier alpha value is -3.79. The van der Waals surface area contributed by atoms with Gasteiger partial charge in [0.25, 0.3) is 0 Å². The van der Waals surface area contributed by atoms with Crippen molar-refractivity contribution in [2.75, 3.05) is 12.0 Å². The number of nitriles is 2. The van der Waals surface area contributed by atoms with Crippen molar-refractivity contribution >= 4 is 23.8 Å². The Morgan fingerprint density at radius 3 is 2.06 bits per heavy atom. The number of ether oxygens (including phenoxy) is 3. The fourth-order valence-corrected chi connectivity index (χ4v) is 4.82. The van der Waals surface area contributed by atoms with Gasteiger partial charge in [0.1, 0.15) is 29.3 Å². The zero-order chi connectivity index (χ0) is 26.3. The molecule has 0 spiro atoms. The minimum atomic E-state index is -1.41. The van der Waals surface area contributed by atoms with Gasteiger partial charge >= 0.3 is 18.2 Å². The summed E-state index contributed by atoms with van der Waals surface area (Å²) in [7, 11) is 1.18. The molecule has 1 saturated heterocycles. The highest BCUT2D eigenvalue weighted by atomic mass is 16.6. The maximum Gasteiger partial charge on any atom is 0.416 e. The molecule has 0 N–H and O–H groups in total. The molecule has 10 heteroatoms. The Labute approximate surface area is 204 Å². The Kier molecular flexibility index (Phi) is 6.47. The van der Waals surface area contributed by atoms with Gasteiger partial charge in [-0.2, -0.15) is 10.5 Å². The lowest BCUT2D eigenvalue weighted by Crippen LogP contribution is -2.58. The predicted molar refractivity (Wildman–Crippen MR) is 124 cm³/mol. The van der Waals surface area contributed by atoms with E-state index in [2.05, 4.69) is 0 Å². The molecule has 2 heterocycles. The van der Waals surface area contributed by atoms with Crippen LogP contribution in [0.5, 0.6) is 0 Å². The van der Waals surface area contributed by atoms with Crippen LogP contribution in [0.15, 0.2) is 24.3 Å². The van der Waals surface area contributed by atoms with E-state index in [9.17, 15) is 24.9 Å². The minimum absolute atomic E-state index is 0.119. The summed E-state index contributed by atoms with van der Waals surface area (Å²) in [6.07, 6.45) is -3.02. The van der Waals surface area contributed by atoms with Gasteiger partial charge in [-0.05, 0) is 59.6 Å². The van der Waals surface area contributed by atoms with E-state index in [0.29, 0.717) is 11.3 Å². The number of benzene rings is 1. The molecular weight excluding hydrogens is 452 g/mol. The summed E-state index contributed by atoms with van der Waals surface area (Å²) >= 11 is 0. The van der Waals surface area contributed by atoms with Gasteiger partial charge in [0, 0.05) is 0 Å². The van der Waals surface area contributed by atoms with E-state index in [-0.39, 0.29) is 6.42 Å². The quantitative estimate of drug-likeness (QED) is 0.458. The molecule has 1 aromatic rings. The molecule has 186 valence electrons. The fraction of sp³-hybridized carbons (Fsp3) is 0.560. The molecule has 10 nitrogen and oxygen atoms in total. The number of carbonyl (C=O) groups excluding carboxylic acids is 3. The van der Waals surface area contributed by atoms with Gasteiger partial charge in [-0.3, -0.25) is 9.80 Å². The number of carbonyl (C=O) groups is 3. The van der Waals surface area contributed by atoms with Crippen LogP contribution in [0.4, 0.5) is 15.3 Å². The molecule has 0 unspecified atom stereocenters. The van der Waals surface area contributed by atoms with E-state index in [1.807, 2.05) is 12.1 Å². The number of rotatable bonds is 2. The number of esters is 1. The van der Waals surface area contributed by atoms with Crippen molar-refractivity contribution in [3.63, 3.8) is 0 Å². The number of anilines is 1. The maximum atomic E-state index is 13.6. The molecule has 0 saturated carbocycles. The molecule has 2 aliphatic rings. The monoisotopic (exact) mass is 482 g/mol. The topological polar surface area (TPSA) is 133 Å².